The van der Waals surface area contributed by atoms with Gasteiger partial charge in [-0.05, 0) is 31.5 Å². The molecule has 1 atom stereocenters. The van der Waals surface area contributed by atoms with Gasteiger partial charge >= 0.3 is 0 Å². The van der Waals surface area contributed by atoms with Crippen molar-refractivity contribution in [2.24, 2.45) is 0 Å². The van der Waals surface area contributed by atoms with Crippen molar-refractivity contribution in [2.75, 3.05) is 30.9 Å². The van der Waals surface area contributed by atoms with Gasteiger partial charge in [0.2, 0.25) is 5.91 Å². The first-order valence-electron chi connectivity index (χ1n) is 6.33. The topological polar surface area (TPSA) is 44.4 Å². The van der Waals surface area contributed by atoms with Crippen LogP contribution in [0.25, 0.3) is 0 Å². The molecule has 2 N–H and O–H groups in total. The van der Waals surface area contributed by atoms with Crippen LogP contribution in [0.3, 0.4) is 0 Å². The molecule has 0 fully saturated rings. The second-order valence-corrected chi connectivity index (χ2v) is 4.68. The van der Waals surface area contributed by atoms with Crippen LogP contribution >= 0.6 is 0 Å². The maximum absolute atomic E-state index is 11.6. The number of carbonyl (C=O) groups is 1. The fourth-order valence-corrected chi connectivity index (χ4v) is 1.50. The number of hydrogen-bond donors (Lipinski definition) is 2. The SMILES string of the molecule is CCC(C)NC(=O)CNc1cccc(N(C)C)c1. The van der Waals surface area contributed by atoms with E-state index in [0.29, 0.717) is 6.54 Å². The van der Waals surface area contributed by atoms with E-state index in [0.717, 1.165) is 17.8 Å². The lowest BCUT2D eigenvalue weighted by Crippen LogP contribution is -2.36. The van der Waals surface area contributed by atoms with Crippen LogP contribution in [-0.2, 0) is 4.79 Å². The fraction of sp³-hybridized carbons (Fsp3) is 0.500. The zero-order valence-electron chi connectivity index (χ0n) is 11.7. The highest BCUT2D eigenvalue weighted by Gasteiger charge is 2.05. The highest BCUT2D eigenvalue weighted by molar-refractivity contribution is 5.81. The van der Waals surface area contributed by atoms with Gasteiger partial charge in [-0.3, -0.25) is 4.79 Å². The molecule has 0 aromatic heterocycles. The van der Waals surface area contributed by atoms with E-state index in [1.54, 1.807) is 0 Å². The van der Waals surface area contributed by atoms with Crippen molar-refractivity contribution < 1.29 is 4.79 Å². The van der Waals surface area contributed by atoms with Crippen molar-refractivity contribution in [3.8, 4) is 0 Å². The van der Waals surface area contributed by atoms with Crippen molar-refractivity contribution in [1.29, 1.82) is 0 Å². The molecule has 0 aliphatic rings. The summed E-state index contributed by atoms with van der Waals surface area (Å²) in [4.78, 5) is 13.7. The number of benzene rings is 1. The monoisotopic (exact) mass is 249 g/mol. The zero-order chi connectivity index (χ0) is 13.5. The van der Waals surface area contributed by atoms with Gasteiger partial charge in [-0.1, -0.05) is 13.0 Å². The van der Waals surface area contributed by atoms with Crippen molar-refractivity contribution in [3.63, 3.8) is 0 Å². The van der Waals surface area contributed by atoms with Crippen molar-refractivity contribution in [1.82, 2.24) is 5.32 Å². The molecule has 0 heterocycles. The van der Waals surface area contributed by atoms with E-state index in [2.05, 4.69) is 17.6 Å². The molecule has 0 bridgehead atoms. The van der Waals surface area contributed by atoms with Crippen LogP contribution in [0.5, 0.6) is 0 Å². The Kier molecular flexibility index (Phi) is 5.49. The van der Waals surface area contributed by atoms with E-state index in [-0.39, 0.29) is 11.9 Å². The Morgan fingerprint density at radius 3 is 2.72 bits per heavy atom. The Bertz CT molecular complexity index is 390. The van der Waals surface area contributed by atoms with Crippen molar-refractivity contribution in [2.45, 2.75) is 26.3 Å². The van der Waals surface area contributed by atoms with E-state index in [1.807, 2.05) is 50.2 Å². The highest BCUT2D eigenvalue weighted by atomic mass is 16.1. The first-order valence-corrected chi connectivity index (χ1v) is 6.33. The van der Waals surface area contributed by atoms with Gasteiger partial charge in [0.1, 0.15) is 0 Å². The largest absolute Gasteiger partial charge is 0.378 e. The molecule has 100 valence electrons. The summed E-state index contributed by atoms with van der Waals surface area (Å²) >= 11 is 0. The molecule has 1 rings (SSSR count). The summed E-state index contributed by atoms with van der Waals surface area (Å²) in [6.07, 6.45) is 0.946. The summed E-state index contributed by atoms with van der Waals surface area (Å²) in [7, 11) is 3.99. The summed E-state index contributed by atoms with van der Waals surface area (Å²) in [5.41, 5.74) is 2.07. The minimum absolute atomic E-state index is 0.0274. The Hall–Kier alpha value is -1.71. The molecule has 1 amide bonds. The van der Waals surface area contributed by atoms with Crippen LogP contribution in [0.2, 0.25) is 0 Å². The van der Waals surface area contributed by atoms with Gasteiger partial charge in [0, 0.05) is 31.5 Å². The molecule has 0 aliphatic carbocycles. The Morgan fingerprint density at radius 2 is 2.11 bits per heavy atom. The second-order valence-electron chi connectivity index (χ2n) is 4.68. The minimum Gasteiger partial charge on any atom is -0.378 e. The normalized spacial score (nSPS) is 11.8. The third-order valence-electron chi connectivity index (χ3n) is 2.84. The molecule has 0 spiro atoms. The standard InChI is InChI=1S/C14H23N3O/c1-5-11(2)16-14(18)10-15-12-7-6-8-13(9-12)17(3)4/h6-9,11,15H,5,10H2,1-4H3,(H,16,18). The lowest BCUT2D eigenvalue weighted by molar-refractivity contribution is -0.120. The van der Waals surface area contributed by atoms with E-state index < -0.39 is 0 Å². The number of nitrogens with zero attached hydrogens (tertiary/aromatic N) is 1. The van der Waals surface area contributed by atoms with Gasteiger partial charge in [0.25, 0.3) is 0 Å². The predicted octanol–water partition coefficient (Wildman–Crippen LogP) is 2.08. The maximum atomic E-state index is 11.6. The summed E-state index contributed by atoms with van der Waals surface area (Å²) in [5, 5.41) is 6.06. The fourth-order valence-electron chi connectivity index (χ4n) is 1.50. The molecular formula is C14H23N3O. The van der Waals surface area contributed by atoms with Crippen LogP contribution < -0.4 is 15.5 Å². The number of nitrogens with one attached hydrogen (secondary N) is 2. The lowest BCUT2D eigenvalue weighted by Gasteiger charge is -2.15. The third-order valence-corrected chi connectivity index (χ3v) is 2.84. The summed E-state index contributed by atoms with van der Waals surface area (Å²) < 4.78 is 0. The molecule has 1 unspecified atom stereocenters. The highest BCUT2D eigenvalue weighted by Crippen LogP contribution is 2.16. The predicted molar refractivity (Wildman–Crippen MR) is 77.2 cm³/mol. The maximum Gasteiger partial charge on any atom is 0.239 e. The molecule has 1 aromatic rings. The van der Waals surface area contributed by atoms with Crippen LogP contribution in [0.15, 0.2) is 24.3 Å². The van der Waals surface area contributed by atoms with Gasteiger partial charge in [0.15, 0.2) is 0 Å². The van der Waals surface area contributed by atoms with Crippen LogP contribution in [-0.4, -0.2) is 32.6 Å². The Balaban J connectivity index is 2.48. The first kappa shape index (κ1) is 14.4. The molecule has 0 radical (unpaired) electrons. The summed E-state index contributed by atoms with van der Waals surface area (Å²) in [6.45, 7) is 4.37. The Morgan fingerprint density at radius 1 is 1.39 bits per heavy atom. The van der Waals surface area contributed by atoms with Gasteiger partial charge in [-0.2, -0.15) is 0 Å². The molecule has 4 heteroatoms. The smallest absolute Gasteiger partial charge is 0.239 e. The number of amides is 1. The molecule has 0 aliphatic heterocycles. The van der Waals surface area contributed by atoms with Crippen LogP contribution in [0.4, 0.5) is 11.4 Å². The average Bonchev–Trinajstić information content (AvgIpc) is 2.36. The quantitative estimate of drug-likeness (QED) is 0.811. The van der Waals surface area contributed by atoms with E-state index in [9.17, 15) is 4.79 Å². The third kappa shape index (κ3) is 4.65. The second kappa shape index (κ2) is 6.89. The number of rotatable bonds is 6. The van der Waals surface area contributed by atoms with Gasteiger partial charge < -0.3 is 15.5 Å². The van der Waals surface area contributed by atoms with E-state index in [1.165, 1.54) is 0 Å². The molecule has 1 aromatic carbocycles. The first-order chi connectivity index (χ1) is 8.52. The molecule has 18 heavy (non-hydrogen) atoms. The van der Waals surface area contributed by atoms with E-state index in [4.69, 9.17) is 0 Å². The number of hydrogen-bond acceptors (Lipinski definition) is 3. The summed E-state index contributed by atoms with van der Waals surface area (Å²) in [5.74, 6) is 0.0274. The zero-order valence-corrected chi connectivity index (χ0v) is 11.7. The van der Waals surface area contributed by atoms with Gasteiger partial charge in [0.05, 0.1) is 6.54 Å². The molecule has 0 saturated carbocycles. The molecule has 4 nitrogen and oxygen atoms in total. The Labute approximate surface area is 109 Å². The van der Waals surface area contributed by atoms with Crippen LogP contribution in [0.1, 0.15) is 20.3 Å². The molecular weight excluding hydrogens is 226 g/mol. The van der Waals surface area contributed by atoms with Crippen molar-refractivity contribution >= 4 is 17.3 Å². The lowest BCUT2D eigenvalue weighted by atomic mass is 10.2. The van der Waals surface area contributed by atoms with Gasteiger partial charge in [-0.25, -0.2) is 0 Å². The van der Waals surface area contributed by atoms with Crippen LogP contribution in [0, 0.1) is 0 Å². The van der Waals surface area contributed by atoms with Crippen molar-refractivity contribution in [3.05, 3.63) is 24.3 Å². The number of carbonyl (C=O) groups excluding carboxylic acids is 1. The van der Waals surface area contributed by atoms with E-state index >= 15 is 0 Å². The number of anilines is 2. The minimum atomic E-state index is 0.0274. The average molecular weight is 249 g/mol. The van der Waals surface area contributed by atoms with Gasteiger partial charge in [-0.15, -0.1) is 0 Å². The molecule has 0 saturated heterocycles. The summed E-state index contributed by atoms with van der Waals surface area (Å²) in [6, 6.07) is 8.22.